The summed E-state index contributed by atoms with van der Waals surface area (Å²) in [6, 6.07) is 18.8. The normalized spacial score (nSPS) is 17.7. The van der Waals surface area contributed by atoms with Gasteiger partial charge in [-0.2, -0.15) is 0 Å². The van der Waals surface area contributed by atoms with E-state index in [1.54, 1.807) is 11.8 Å². The number of nitrogens with zero attached hydrogens (tertiary/aromatic N) is 1. The number of hydrogen-bond donors (Lipinski definition) is 1. The van der Waals surface area contributed by atoms with Crippen LogP contribution in [-0.4, -0.2) is 16.7 Å². The van der Waals surface area contributed by atoms with E-state index in [2.05, 4.69) is 5.32 Å². The predicted octanol–water partition coefficient (Wildman–Crippen LogP) is 3.82. The lowest BCUT2D eigenvalue weighted by Crippen LogP contribution is -2.47. The first-order valence-corrected chi connectivity index (χ1v) is 7.96. The number of nitrogens with one attached hydrogen (secondary N) is 1. The predicted molar refractivity (Wildman–Crippen MR) is 93.1 cm³/mol. The van der Waals surface area contributed by atoms with Crippen molar-refractivity contribution in [1.29, 1.82) is 0 Å². The molecule has 0 saturated carbocycles. The molecule has 24 heavy (non-hydrogen) atoms. The van der Waals surface area contributed by atoms with Crippen molar-refractivity contribution in [2.75, 3.05) is 0 Å². The van der Waals surface area contributed by atoms with Crippen LogP contribution in [-0.2, 0) is 11.3 Å². The summed E-state index contributed by atoms with van der Waals surface area (Å²) in [6.07, 6.45) is 0. The molecule has 0 fully saturated rings. The van der Waals surface area contributed by atoms with E-state index in [-0.39, 0.29) is 11.8 Å². The fourth-order valence-corrected chi connectivity index (χ4v) is 3.09. The average molecular weight is 320 g/mol. The Hall–Kier alpha value is -2.88. The van der Waals surface area contributed by atoms with Gasteiger partial charge < -0.3 is 5.32 Å². The molecule has 0 aromatic heterocycles. The van der Waals surface area contributed by atoms with Crippen LogP contribution in [0.2, 0.25) is 0 Å². The summed E-state index contributed by atoms with van der Waals surface area (Å²) in [7, 11) is 0. The lowest BCUT2D eigenvalue weighted by molar-refractivity contribution is -0.114. The van der Waals surface area contributed by atoms with Crippen LogP contribution in [0.1, 0.15) is 31.0 Å². The highest BCUT2D eigenvalue weighted by Gasteiger charge is 2.33. The van der Waals surface area contributed by atoms with Gasteiger partial charge in [-0.25, -0.2) is 4.79 Å². The smallest absolute Gasteiger partial charge is 0.322 e. The third-order valence-corrected chi connectivity index (χ3v) is 4.29. The number of urea groups is 1. The summed E-state index contributed by atoms with van der Waals surface area (Å²) < 4.78 is 0. The Bertz CT molecular complexity index is 782. The van der Waals surface area contributed by atoms with Crippen LogP contribution in [0.5, 0.6) is 0 Å². The molecule has 0 saturated heterocycles. The summed E-state index contributed by atoms with van der Waals surface area (Å²) in [4.78, 5) is 26.5. The van der Waals surface area contributed by atoms with Crippen molar-refractivity contribution in [2.45, 2.75) is 26.4 Å². The van der Waals surface area contributed by atoms with Gasteiger partial charge in [0.05, 0.1) is 12.6 Å². The Morgan fingerprint density at radius 1 is 1.04 bits per heavy atom. The molecule has 1 aliphatic heterocycles. The van der Waals surface area contributed by atoms with Gasteiger partial charge in [0.25, 0.3) is 0 Å². The minimum absolute atomic E-state index is 0.0283. The molecule has 2 amide bonds. The van der Waals surface area contributed by atoms with Crippen LogP contribution in [0.25, 0.3) is 0 Å². The van der Waals surface area contributed by atoms with Gasteiger partial charge in [0, 0.05) is 11.3 Å². The van der Waals surface area contributed by atoms with Crippen molar-refractivity contribution in [1.82, 2.24) is 10.2 Å². The summed E-state index contributed by atoms with van der Waals surface area (Å²) in [5.74, 6) is -0.0283. The van der Waals surface area contributed by atoms with E-state index in [0.717, 1.165) is 11.1 Å². The van der Waals surface area contributed by atoms with Crippen LogP contribution in [0.15, 0.2) is 71.9 Å². The number of allylic oxidation sites excluding steroid dienone is 1. The van der Waals surface area contributed by atoms with Crippen LogP contribution < -0.4 is 5.32 Å². The van der Waals surface area contributed by atoms with Crippen molar-refractivity contribution in [2.24, 2.45) is 0 Å². The standard InChI is InChI=1S/C20H20N2O2/c1-14-18(15(2)23)19(17-11-7-4-8-12-17)21-20(24)22(14)13-16-9-5-3-6-10-16/h3-12,19H,13H2,1-2H3,(H,21,24). The number of amides is 2. The molecule has 1 N–H and O–H groups in total. The third kappa shape index (κ3) is 3.08. The van der Waals surface area contributed by atoms with Gasteiger partial charge in [-0.15, -0.1) is 0 Å². The maximum atomic E-state index is 12.6. The molecule has 4 heteroatoms. The fourth-order valence-electron chi connectivity index (χ4n) is 3.09. The van der Waals surface area contributed by atoms with Gasteiger partial charge in [-0.3, -0.25) is 9.69 Å². The average Bonchev–Trinajstić information content (AvgIpc) is 2.59. The maximum Gasteiger partial charge on any atom is 0.322 e. The molecule has 4 nitrogen and oxygen atoms in total. The molecule has 3 rings (SSSR count). The first kappa shape index (κ1) is 16.0. The molecular formula is C20H20N2O2. The molecule has 0 aliphatic carbocycles. The molecule has 1 unspecified atom stereocenters. The molecule has 0 radical (unpaired) electrons. The molecule has 0 spiro atoms. The zero-order valence-electron chi connectivity index (χ0n) is 13.8. The number of ketones is 1. The Kier molecular flexibility index (Phi) is 4.47. The molecule has 2 aromatic carbocycles. The van der Waals surface area contributed by atoms with Gasteiger partial charge in [0.2, 0.25) is 0 Å². The Balaban J connectivity index is 2.00. The summed E-state index contributed by atoms with van der Waals surface area (Å²) >= 11 is 0. The highest BCUT2D eigenvalue weighted by atomic mass is 16.2. The second-order valence-electron chi connectivity index (χ2n) is 5.92. The van der Waals surface area contributed by atoms with Crippen molar-refractivity contribution >= 4 is 11.8 Å². The highest BCUT2D eigenvalue weighted by Crippen LogP contribution is 2.31. The van der Waals surface area contributed by atoms with Gasteiger partial charge >= 0.3 is 6.03 Å². The first-order chi connectivity index (χ1) is 11.6. The molecule has 1 aliphatic rings. The third-order valence-electron chi connectivity index (χ3n) is 4.29. The lowest BCUT2D eigenvalue weighted by Gasteiger charge is -2.35. The van der Waals surface area contributed by atoms with E-state index in [1.165, 1.54) is 0 Å². The van der Waals surface area contributed by atoms with E-state index in [4.69, 9.17) is 0 Å². The van der Waals surface area contributed by atoms with Gasteiger partial charge in [-0.1, -0.05) is 60.7 Å². The van der Waals surface area contributed by atoms with E-state index in [9.17, 15) is 9.59 Å². The maximum absolute atomic E-state index is 12.6. The quantitative estimate of drug-likeness (QED) is 0.931. The summed E-state index contributed by atoms with van der Waals surface area (Å²) in [5.41, 5.74) is 3.28. The number of hydrogen-bond acceptors (Lipinski definition) is 2. The minimum Gasteiger partial charge on any atom is -0.327 e. The minimum atomic E-state index is -0.400. The van der Waals surface area contributed by atoms with Crippen molar-refractivity contribution < 1.29 is 9.59 Å². The van der Waals surface area contributed by atoms with Crippen LogP contribution in [0.4, 0.5) is 4.79 Å². The van der Waals surface area contributed by atoms with E-state index < -0.39 is 6.04 Å². The number of carbonyl (C=O) groups is 2. The molecule has 122 valence electrons. The Morgan fingerprint density at radius 2 is 1.62 bits per heavy atom. The van der Waals surface area contributed by atoms with Crippen LogP contribution in [0.3, 0.4) is 0 Å². The van der Waals surface area contributed by atoms with E-state index >= 15 is 0 Å². The molecular weight excluding hydrogens is 300 g/mol. The number of rotatable bonds is 4. The van der Waals surface area contributed by atoms with Crippen molar-refractivity contribution in [3.63, 3.8) is 0 Å². The van der Waals surface area contributed by atoms with Crippen molar-refractivity contribution in [3.05, 3.63) is 83.1 Å². The van der Waals surface area contributed by atoms with Gasteiger partial charge in [0.15, 0.2) is 5.78 Å². The Morgan fingerprint density at radius 3 is 2.21 bits per heavy atom. The van der Waals surface area contributed by atoms with Gasteiger partial charge in [0.1, 0.15) is 0 Å². The lowest BCUT2D eigenvalue weighted by atomic mass is 9.92. The first-order valence-electron chi connectivity index (χ1n) is 7.96. The zero-order valence-corrected chi connectivity index (χ0v) is 13.8. The van der Waals surface area contributed by atoms with Crippen LogP contribution in [0, 0.1) is 0 Å². The fraction of sp³-hybridized carbons (Fsp3) is 0.200. The van der Waals surface area contributed by atoms with E-state index in [0.29, 0.717) is 17.8 Å². The number of carbonyl (C=O) groups excluding carboxylic acids is 2. The van der Waals surface area contributed by atoms with Crippen molar-refractivity contribution in [3.8, 4) is 0 Å². The zero-order chi connectivity index (χ0) is 17.1. The monoisotopic (exact) mass is 320 g/mol. The van der Waals surface area contributed by atoms with E-state index in [1.807, 2.05) is 67.6 Å². The SMILES string of the molecule is CC(=O)C1=C(C)N(Cc2ccccc2)C(=O)NC1c1ccccc1. The second kappa shape index (κ2) is 6.71. The topological polar surface area (TPSA) is 49.4 Å². The molecule has 1 atom stereocenters. The van der Waals surface area contributed by atoms with Gasteiger partial charge in [-0.05, 0) is 25.0 Å². The number of Topliss-reactive ketones (excluding diaryl/α,β-unsaturated/α-hetero) is 1. The second-order valence-corrected chi connectivity index (χ2v) is 5.92. The summed E-state index contributed by atoms with van der Waals surface area (Å²) in [5, 5.41) is 2.97. The summed E-state index contributed by atoms with van der Waals surface area (Å²) in [6.45, 7) is 3.83. The number of benzene rings is 2. The van der Waals surface area contributed by atoms with Crippen LogP contribution >= 0.6 is 0 Å². The molecule has 2 aromatic rings. The largest absolute Gasteiger partial charge is 0.327 e. The Labute approximate surface area is 141 Å². The molecule has 1 heterocycles. The molecule has 0 bridgehead atoms. The highest BCUT2D eigenvalue weighted by molar-refractivity contribution is 5.98.